The third-order valence-corrected chi connectivity index (χ3v) is 6.37. The van der Waals surface area contributed by atoms with E-state index in [1.807, 2.05) is 23.6 Å². The number of hydrogen-bond acceptors (Lipinski definition) is 5. The van der Waals surface area contributed by atoms with E-state index in [-0.39, 0.29) is 0 Å². The maximum Gasteiger partial charge on any atom is 0.409 e. The van der Waals surface area contributed by atoms with Crippen LogP contribution in [0.25, 0.3) is 5.00 Å². The van der Waals surface area contributed by atoms with Gasteiger partial charge in [-0.2, -0.15) is 0 Å². The lowest BCUT2D eigenvalue weighted by atomic mass is 10.00. The quantitative estimate of drug-likeness (QED) is 0.673. The van der Waals surface area contributed by atoms with Gasteiger partial charge in [0.2, 0.25) is 0 Å². The van der Waals surface area contributed by atoms with Crippen LogP contribution in [0.4, 0.5) is 4.79 Å². The van der Waals surface area contributed by atoms with E-state index >= 15 is 0 Å². The van der Waals surface area contributed by atoms with Crippen LogP contribution in [0.3, 0.4) is 0 Å². The van der Waals surface area contributed by atoms with Gasteiger partial charge >= 0.3 is 6.09 Å². The van der Waals surface area contributed by atoms with E-state index in [4.69, 9.17) is 16.6 Å². The van der Waals surface area contributed by atoms with Crippen LogP contribution in [-0.2, 0) is 0 Å². The van der Waals surface area contributed by atoms with Crippen molar-refractivity contribution in [2.24, 2.45) is 4.99 Å². The third kappa shape index (κ3) is 2.80. The number of aliphatic imine (C=N–C) groups is 1. The fourth-order valence-corrected chi connectivity index (χ4v) is 4.62. The molecule has 1 amide bonds. The molecule has 1 aliphatic heterocycles. The van der Waals surface area contributed by atoms with Gasteiger partial charge in [-0.25, -0.2) is 4.79 Å². The first kappa shape index (κ1) is 18.6. The van der Waals surface area contributed by atoms with Crippen molar-refractivity contribution < 1.29 is 9.90 Å². The summed E-state index contributed by atoms with van der Waals surface area (Å²) in [6.07, 6.45) is -1.90. The summed E-state index contributed by atoms with van der Waals surface area (Å²) in [6.45, 7) is 5.97. The molecule has 144 valence electrons. The minimum absolute atomic E-state index is 0.480. The smallest absolute Gasteiger partial charge is 0.409 e. The highest BCUT2D eigenvalue weighted by atomic mass is 35.5. The van der Waals surface area contributed by atoms with Gasteiger partial charge < -0.3 is 5.11 Å². The Labute approximate surface area is 170 Å². The Hall–Kier alpha value is -2.71. The normalized spacial score (nSPS) is 15.5. The number of aromatic nitrogens is 3. The van der Waals surface area contributed by atoms with Gasteiger partial charge in [0.15, 0.2) is 12.0 Å². The average molecular weight is 416 g/mol. The Kier molecular flexibility index (Phi) is 4.47. The zero-order valence-electron chi connectivity index (χ0n) is 15.8. The zero-order chi connectivity index (χ0) is 20.2. The van der Waals surface area contributed by atoms with Crippen molar-refractivity contribution in [1.29, 1.82) is 0 Å². The predicted molar refractivity (Wildman–Crippen MR) is 109 cm³/mol. The first-order valence-electron chi connectivity index (χ1n) is 8.61. The molecule has 1 unspecified atom stereocenters. The molecule has 2 aromatic heterocycles. The Morgan fingerprint density at radius 1 is 1.21 bits per heavy atom. The molecule has 0 saturated carbocycles. The van der Waals surface area contributed by atoms with Gasteiger partial charge in [0.05, 0.1) is 5.71 Å². The Morgan fingerprint density at radius 2 is 1.89 bits per heavy atom. The summed E-state index contributed by atoms with van der Waals surface area (Å²) in [5.41, 5.74) is 3.66. The fraction of sp³-hybridized carbons (Fsp3) is 0.263. The first-order valence-corrected chi connectivity index (χ1v) is 9.81. The number of hydrogen-bond donors (Lipinski definition) is 1. The minimum Gasteiger partial charge on any atom is -0.465 e. The van der Waals surface area contributed by atoms with E-state index in [1.165, 1.54) is 7.05 Å². The Balaban J connectivity index is 2.06. The van der Waals surface area contributed by atoms with Gasteiger partial charge in [-0.15, -0.1) is 21.5 Å². The van der Waals surface area contributed by atoms with E-state index in [1.54, 1.807) is 23.5 Å². The molecule has 1 aromatic carbocycles. The van der Waals surface area contributed by atoms with Gasteiger partial charge in [0.25, 0.3) is 0 Å². The van der Waals surface area contributed by atoms with Crippen LogP contribution in [0.1, 0.15) is 39.4 Å². The molecular formula is C19H18ClN5O2S. The molecule has 0 fully saturated rings. The lowest BCUT2D eigenvalue weighted by Crippen LogP contribution is -2.30. The molecule has 1 aliphatic rings. The molecule has 0 radical (unpaired) electrons. The molecular weight excluding hydrogens is 398 g/mol. The summed E-state index contributed by atoms with van der Waals surface area (Å²) in [5, 5.41) is 19.6. The van der Waals surface area contributed by atoms with E-state index < -0.39 is 12.3 Å². The van der Waals surface area contributed by atoms with Crippen LogP contribution < -0.4 is 0 Å². The van der Waals surface area contributed by atoms with E-state index in [9.17, 15) is 9.90 Å². The van der Waals surface area contributed by atoms with Crippen molar-refractivity contribution in [3.8, 4) is 5.00 Å². The van der Waals surface area contributed by atoms with Crippen molar-refractivity contribution in [3.05, 3.63) is 62.5 Å². The summed E-state index contributed by atoms with van der Waals surface area (Å²) < 4.78 is 1.91. The lowest BCUT2D eigenvalue weighted by molar-refractivity contribution is 0.138. The molecule has 28 heavy (non-hydrogen) atoms. The van der Waals surface area contributed by atoms with Crippen molar-refractivity contribution in [2.75, 3.05) is 7.05 Å². The second-order valence-electron chi connectivity index (χ2n) is 6.66. The SMILES string of the molecule is Cc1sc2c(c1C)C(c1ccc(Cl)cc1)=NC(N(C)C(=O)O)c1nnc(C)n1-2. The number of thiophene rings is 1. The van der Waals surface area contributed by atoms with Crippen molar-refractivity contribution in [1.82, 2.24) is 19.7 Å². The molecule has 3 heterocycles. The predicted octanol–water partition coefficient (Wildman–Crippen LogP) is 4.37. The van der Waals surface area contributed by atoms with Gasteiger partial charge in [-0.1, -0.05) is 23.7 Å². The molecule has 1 N–H and O–H groups in total. The van der Waals surface area contributed by atoms with Crippen LogP contribution in [0.5, 0.6) is 0 Å². The molecule has 3 aromatic rings. The fourth-order valence-electron chi connectivity index (χ4n) is 3.28. The van der Waals surface area contributed by atoms with E-state index in [2.05, 4.69) is 24.0 Å². The van der Waals surface area contributed by atoms with Gasteiger partial charge in [0.1, 0.15) is 10.8 Å². The number of rotatable bonds is 2. The minimum atomic E-state index is -1.09. The summed E-state index contributed by atoms with van der Waals surface area (Å²) in [4.78, 5) is 18.9. The molecule has 9 heteroatoms. The summed E-state index contributed by atoms with van der Waals surface area (Å²) in [5.74, 6) is 1.17. The monoisotopic (exact) mass is 415 g/mol. The van der Waals surface area contributed by atoms with E-state index in [0.717, 1.165) is 37.2 Å². The summed E-state index contributed by atoms with van der Waals surface area (Å²) in [6, 6.07) is 7.41. The van der Waals surface area contributed by atoms with Gasteiger partial charge in [-0.3, -0.25) is 14.5 Å². The number of carbonyl (C=O) groups is 1. The van der Waals surface area contributed by atoms with Crippen LogP contribution >= 0.6 is 22.9 Å². The number of carboxylic acid groups (broad SMARTS) is 1. The molecule has 1 atom stereocenters. The van der Waals surface area contributed by atoms with E-state index in [0.29, 0.717) is 16.7 Å². The average Bonchev–Trinajstić information content (AvgIpc) is 3.12. The topological polar surface area (TPSA) is 83.6 Å². The molecule has 4 rings (SSSR count). The highest BCUT2D eigenvalue weighted by Crippen LogP contribution is 2.39. The summed E-state index contributed by atoms with van der Waals surface area (Å²) in [7, 11) is 1.49. The largest absolute Gasteiger partial charge is 0.465 e. The van der Waals surface area contributed by atoms with Crippen LogP contribution in [0, 0.1) is 20.8 Å². The number of fused-ring (bicyclic) bond motifs is 3. The maximum absolute atomic E-state index is 11.7. The number of aryl methyl sites for hydroxylation is 2. The van der Waals surface area contributed by atoms with Gasteiger partial charge in [-0.05, 0) is 38.5 Å². The molecule has 7 nitrogen and oxygen atoms in total. The molecule has 0 aliphatic carbocycles. The summed E-state index contributed by atoms with van der Waals surface area (Å²) >= 11 is 7.69. The van der Waals surface area contributed by atoms with Crippen molar-refractivity contribution >= 4 is 34.7 Å². The number of benzene rings is 1. The highest BCUT2D eigenvalue weighted by molar-refractivity contribution is 7.15. The molecule has 0 saturated heterocycles. The Morgan fingerprint density at radius 3 is 2.54 bits per heavy atom. The zero-order valence-corrected chi connectivity index (χ0v) is 17.3. The first-order chi connectivity index (χ1) is 13.3. The number of amides is 1. The number of halogens is 1. The Bertz CT molecular complexity index is 1120. The van der Waals surface area contributed by atoms with Crippen LogP contribution in [0.2, 0.25) is 5.02 Å². The highest BCUT2D eigenvalue weighted by Gasteiger charge is 2.34. The van der Waals surface area contributed by atoms with Crippen molar-refractivity contribution in [3.63, 3.8) is 0 Å². The second-order valence-corrected chi connectivity index (χ2v) is 8.30. The lowest BCUT2D eigenvalue weighted by Gasteiger charge is -2.21. The maximum atomic E-state index is 11.7. The molecule has 0 spiro atoms. The van der Waals surface area contributed by atoms with Gasteiger partial charge in [0, 0.05) is 28.1 Å². The van der Waals surface area contributed by atoms with Crippen LogP contribution in [0.15, 0.2) is 29.3 Å². The second kappa shape index (κ2) is 6.72. The third-order valence-electron chi connectivity index (χ3n) is 4.93. The number of nitrogens with zero attached hydrogens (tertiary/aromatic N) is 5. The standard InChI is InChI=1S/C19H18ClN5O2S/c1-9-10(2)28-18-14(9)15(12-5-7-13(20)8-6-12)21-16(24(4)19(26)27)17-23-22-11(3)25(17)18/h5-8,16H,1-4H3,(H,26,27). The van der Waals surface area contributed by atoms with Crippen molar-refractivity contribution in [2.45, 2.75) is 26.9 Å². The molecule has 0 bridgehead atoms. The van der Waals surface area contributed by atoms with Crippen LogP contribution in [-0.4, -0.2) is 43.6 Å².